The third-order valence-electron chi connectivity index (χ3n) is 6.43. The van der Waals surface area contributed by atoms with Crippen molar-refractivity contribution in [1.82, 2.24) is 19.4 Å². The second kappa shape index (κ2) is 9.77. The predicted molar refractivity (Wildman–Crippen MR) is 126 cm³/mol. The monoisotopic (exact) mass is 432 g/mol. The molecular formula is C26H32N4O2. The van der Waals surface area contributed by atoms with Gasteiger partial charge in [-0.05, 0) is 38.0 Å². The minimum absolute atomic E-state index is 0.238. The van der Waals surface area contributed by atoms with E-state index in [4.69, 9.17) is 5.11 Å². The van der Waals surface area contributed by atoms with Crippen molar-refractivity contribution in [1.29, 1.82) is 0 Å². The molecule has 1 aromatic heterocycles. The van der Waals surface area contributed by atoms with Crippen molar-refractivity contribution in [2.24, 2.45) is 0 Å². The van der Waals surface area contributed by atoms with Gasteiger partial charge >= 0.3 is 0 Å². The van der Waals surface area contributed by atoms with Crippen LogP contribution in [0.15, 0.2) is 60.9 Å². The molecule has 1 aliphatic rings. The van der Waals surface area contributed by atoms with Crippen LogP contribution in [0, 0.1) is 6.92 Å². The smallest absolute Gasteiger partial charge is 0.188 e. The summed E-state index contributed by atoms with van der Waals surface area (Å²) in [7, 11) is 0. The van der Waals surface area contributed by atoms with Gasteiger partial charge < -0.3 is 9.67 Å². The molecule has 2 aromatic carbocycles. The molecule has 0 radical (unpaired) electrons. The van der Waals surface area contributed by atoms with Crippen molar-refractivity contribution < 1.29 is 9.90 Å². The number of aliphatic hydroxyl groups is 1. The van der Waals surface area contributed by atoms with Gasteiger partial charge in [0.15, 0.2) is 5.78 Å². The Balaban J connectivity index is 1.43. The molecule has 6 nitrogen and oxygen atoms in total. The number of aryl methyl sites for hydroxylation is 1. The van der Waals surface area contributed by atoms with Crippen molar-refractivity contribution >= 4 is 5.78 Å². The SMILES string of the molecule is Cc1nccn1-c1ccccc1CN1C[C@@H](C)N(Cc2ccc(C(=O)CO)cc2)[C@@H](C)C1. The minimum atomic E-state index is -0.446. The van der Waals surface area contributed by atoms with Crippen LogP contribution in [0.1, 0.15) is 41.2 Å². The Morgan fingerprint density at radius 2 is 1.72 bits per heavy atom. The van der Waals surface area contributed by atoms with Crippen LogP contribution in [0.4, 0.5) is 0 Å². The standard InChI is InChI=1S/C26H32N4O2/c1-19-14-28(17-24-6-4-5-7-25(24)29-13-12-27-21(29)3)15-20(2)30(19)16-22-8-10-23(11-9-22)26(32)18-31/h4-13,19-20,31H,14-18H2,1-3H3/t19-,20+. The average molecular weight is 433 g/mol. The van der Waals surface area contributed by atoms with Crippen molar-refractivity contribution in [3.8, 4) is 5.69 Å². The maximum Gasteiger partial charge on any atom is 0.188 e. The first-order valence-electron chi connectivity index (χ1n) is 11.3. The number of carbonyl (C=O) groups is 1. The van der Waals surface area contributed by atoms with Crippen molar-refractivity contribution in [2.45, 2.75) is 45.9 Å². The molecule has 2 atom stereocenters. The number of para-hydroxylation sites is 1. The summed E-state index contributed by atoms with van der Waals surface area (Å²) in [6.45, 7) is 9.94. The number of benzene rings is 2. The number of Topliss-reactive ketones (excluding diaryl/α,β-unsaturated/α-hetero) is 1. The van der Waals surface area contributed by atoms with Crippen LogP contribution < -0.4 is 0 Å². The Hall–Kier alpha value is -2.80. The number of piperazine rings is 1. The van der Waals surface area contributed by atoms with Gasteiger partial charge in [0.05, 0.1) is 5.69 Å². The van der Waals surface area contributed by atoms with Gasteiger partial charge in [0.1, 0.15) is 12.4 Å². The van der Waals surface area contributed by atoms with Gasteiger partial charge in [0, 0.05) is 56.2 Å². The molecule has 0 bridgehead atoms. The number of carbonyl (C=O) groups excluding carboxylic acids is 1. The number of rotatable bonds is 7. The highest BCUT2D eigenvalue weighted by atomic mass is 16.3. The molecule has 1 aliphatic heterocycles. The topological polar surface area (TPSA) is 61.6 Å². The van der Waals surface area contributed by atoms with Gasteiger partial charge in [-0.3, -0.25) is 14.6 Å². The highest BCUT2D eigenvalue weighted by molar-refractivity contribution is 5.96. The number of imidazole rings is 1. The first-order chi connectivity index (χ1) is 15.5. The van der Waals surface area contributed by atoms with Crippen LogP contribution in [-0.2, 0) is 13.1 Å². The van der Waals surface area contributed by atoms with E-state index in [1.807, 2.05) is 43.6 Å². The molecule has 1 saturated heterocycles. The second-order valence-corrected chi connectivity index (χ2v) is 8.82. The Labute approximate surface area is 190 Å². The summed E-state index contributed by atoms with van der Waals surface area (Å²) in [6.07, 6.45) is 3.87. The van der Waals surface area contributed by atoms with E-state index in [0.717, 1.165) is 32.0 Å². The van der Waals surface area contributed by atoms with E-state index < -0.39 is 6.61 Å². The van der Waals surface area contributed by atoms with Gasteiger partial charge in [-0.25, -0.2) is 4.98 Å². The summed E-state index contributed by atoms with van der Waals surface area (Å²) in [5.74, 6) is 0.758. The predicted octanol–water partition coefficient (Wildman–Crippen LogP) is 3.45. The molecule has 168 valence electrons. The van der Waals surface area contributed by atoms with Crippen LogP contribution in [0.3, 0.4) is 0 Å². The third-order valence-corrected chi connectivity index (χ3v) is 6.43. The molecule has 1 N–H and O–H groups in total. The molecule has 4 rings (SSSR count). The molecule has 3 aromatic rings. The summed E-state index contributed by atoms with van der Waals surface area (Å²) in [4.78, 5) is 21.1. The maximum atomic E-state index is 11.7. The van der Waals surface area contributed by atoms with Crippen LogP contribution in [0.2, 0.25) is 0 Å². The van der Waals surface area contributed by atoms with Crippen LogP contribution >= 0.6 is 0 Å². The van der Waals surface area contributed by atoms with Crippen molar-refractivity contribution in [2.75, 3.05) is 19.7 Å². The summed E-state index contributed by atoms with van der Waals surface area (Å²) in [5, 5.41) is 9.04. The normalized spacial score (nSPS) is 19.9. The summed E-state index contributed by atoms with van der Waals surface area (Å²) in [6, 6.07) is 17.0. The number of ketones is 1. The molecular weight excluding hydrogens is 400 g/mol. The van der Waals surface area contributed by atoms with E-state index in [1.54, 1.807) is 0 Å². The Bertz CT molecular complexity index is 1050. The number of hydrogen-bond acceptors (Lipinski definition) is 5. The fourth-order valence-corrected chi connectivity index (χ4v) is 4.76. The van der Waals surface area contributed by atoms with Gasteiger partial charge in [-0.2, -0.15) is 0 Å². The lowest BCUT2D eigenvalue weighted by molar-refractivity contribution is 0.0290. The molecule has 6 heteroatoms. The zero-order valence-corrected chi connectivity index (χ0v) is 19.1. The second-order valence-electron chi connectivity index (χ2n) is 8.82. The number of aromatic nitrogens is 2. The van der Waals surface area contributed by atoms with Gasteiger partial charge in [-0.1, -0.05) is 42.5 Å². The fourth-order valence-electron chi connectivity index (χ4n) is 4.76. The lowest BCUT2D eigenvalue weighted by Crippen LogP contribution is -2.55. The quantitative estimate of drug-likeness (QED) is 0.580. The number of hydrogen-bond donors (Lipinski definition) is 1. The largest absolute Gasteiger partial charge is 0.388 e. The first kappa shape index (κ1) is 22.4. The van der Waals surface area contributed by atoms with Crippen LogP contribution in [0.25, 0.3) is 5.69 Å². The molecule has 0 unspecified atom stereocenters. The van der Waals surface area contributed by atoms with Crippen LogP contribution in [0.5, 0.6) is 0 Å². The molecule has 0 amide bonds. The molecule has 0 aliphatic carbocycles. The molecule has 32 heavy (non-hydrogen) atoms. The minimum Gasteiger partial charge on any atom is -0.388 e. The van der Waals surface area contributed by atoms with E-state index in [-0.39, 0.29) is 5.78 Å². The van der Waals surface area contributed by atoms with Crippen LogP contribution in [-0.4, -0.2) is 62.0 Å². The summed E-state index contributed by atoms with van der Waals surface area (Å²) < 4.78 is 2.16. The highest BCUT2D eigenvalue weighted by Gasteiger charge is 2.29. The first-order valence-corrected chi connectivity index (χ1v) is 11.3. The van der Waals surface area contributed by atoms with E-state index in [2.05, 4.69) is 57.5 Å². The zero-order chi connectivity index (χ0) is 22.7. The lowest BCUT2D eigenvalue weighted by atomic mass is 10.0. The van der Waals surface area contributed by atoms with E-state index in [0.29, 0.717) is 17.6 Å². The molecule has 1 fully saturated rings. The van der Waals surface area contributed by atoms with Crippen molar-refractivity contribution in [3.63, 3.8) is 0 Å². The zero-order valence-electron chi connectivity index (χ0n) is 19.1. The Kier molecular flexibility index (Phi) is 6.84. The average Bonchev–Trinajstić information content (AvgIpc) is 3.22. The van der Waals surface area contributed by atoms with Gasteiger partial charge in [0.2, 0.25) is 0 Å². The molecule has 0 saturated carbocycles. The number of aliphatic hydroxyl groups excluding tert-OH is 1. The molecule has 2 heterocycles. The lowest BCUT2D eigenvalue weighted by Gasteiger charge is -2.44. The van der Waals surface area contributed by atoms with Gasteiger partial charge in [0.25, 0.3) is 0 Å². The summed E-state index contributed by atoms with van der Waals surface area (Å²) >= 11 is 0. The summed E-state index contributed by atoms with van der Waals surface area (Å²) in [5.41, 5.74) is 4.26. The Morgan fingerprint density at radius 1 is 1.03 bits per heavy atom. The van der Waals surface area contributed by atoms with Gasteiger partial charge in [-0.15, -0.1) is 0 Å². The maximum absolute atomic E-state index is 11.7. The third kappa shape index (κ3) is 4.83. The van der Waals surface area contributed by atoms with Crippen molar-refractivity contribution in [3.05, 3.63) is 83.4 Å². The number of nitrogens with zero attached hydrogens (tertiary/aromatic N) is 4. The molecule has 0 spiro atoms. The van der Waals surface area contributed by atoms with E-state index in [1.165, 1.54) is 16.8 Å². The van der Waals surface area contributed by atoms with E-state index in [9.17, 15) is 4.79 Å². The fraction of sp³-hybridized carbons (Fsp3) is 0.385. The van der Waals surface area contributed by atoms with E-state index >= 15 is 0 Å². The highest BCUT2D eigenvalue weighted by Crippen LogP contribution is 2.23. The Morgan fingerprint density at radius 3 is 2.34 bits per heavy atom.